The molecule has 2 aromatic heterocycles. The standard InChI is InChI=1S/C10H12ClF2N5O2S/c1-17-8(11)3-6(15-17)4-21(19,20)5-7-9(10(12)13)18(2)16-14-7/h3,10H,4-5H2,1-2H3. The quantitative estimate of drug-likeness (QED) is 0.819. The van der Waals surface area contributed by atoms with E-state index in [1.165, 1.54) is 17.8 Å². The van der Waals surface area contributed by atoms with E-state index < -0.39 is 33.5 Å². The molecular weight excluding hydrogens is 328 g/mol. The van der Waals surface area contributed by atoms with E-state index in [-0.39, 0.29) is 16.5 Å². The van der Waals surface area contributed by atoms with Crippen LogP contribution in [0.5, 0.6) is 0 Å². The molecule has 2 heterocycles. The van der Waals surface area contributed by atoms with Crippen LogP contribution in [0.4, 0.5) is 8.78 Å². The number of nitrogens with zero attached hydrogens (tertiary/aromatic N) is 5. The lowest BCUT2D eigenvalue weighted by atomic mass is 10.3. The van der Waals surface area contributed by atoms with Gasteiger partial charge in [-0.25, -0.2) is 21.9 Å². The largest absolute Gasteiger partial charge is 0.281 e. The fraction of sp³-hybridized carbons (Fsp3) is 0.500. The van der Waals surface area contributed by atoms with Gasteiger partial charge >= 0.3 is 0 Å². The maximum absolute atomic E-state index is 12.9. The normalized spacial score (nSPS) is 12.3. The van der Waals surface area contributed by atoms with Crippen LogP contribution in [-0.2, 0) is 35.4 Å². The highest BCUT2D eigenvalue weighted by Gasteiger charge is 2.25. The first-order valence-corrected chi connectivity index (χ1v) is 7.95. The summed E-state index contributed by atoms with van der Waals surface area (Å²) < 4.78 is 52.0. The van der Waals surface area contributed by atoms with Crippen LogP contribution >= 0.6 is 11.6 Å². The van der Waals surface area contributed by atoms with Crippen LogP contribution in [0.25, 0.3) is 0 Å². The minimum atomic E-state index is -3.72. The molecule has 0 aliphatic heterocycles. The van der Waals surface area contributed by atoms with E-state index in [0.717, 1.165) is 4.68 Å². The molecule has 0 aromatic carbocycles. The summed E-state index contributed by atoms with van der Waals surface area (Å²) in [7, 11) is -0.871. The van der Waals surface area contributed by atoms with Crippen LogP contribution in [-0.4, -0.2) is 33.2 Å². The van der Waals surface area contributed by atoms with Crippen molar-refractivity contribution >= 4 is 21.4 Å². The van der Waals surface area contributed by atoms with Gasteiger partial charge in [-0.05, 0) is 6.07 Å². The second-order valence-corrected chi connectivity index (χ2v) is 6.91. The maximum Gasteiger partial charge on any atom is 0.281 e. The number of halogens is 3. The maximum atomic E-state index is 12.9. The van der Waals surface area contributed by atoms with E-state index in [0.29, 0.717) is 0 Å². The van der Waals surface area contributed by atoms with Gasteiger partial charge in [-0.1, -0.05) is 16.8 Å². The highest BCUT2D eigenvalue weighted by molar-refractivity contribution is 7.89. The van der Waals surface area contributed by atoms with E-state index >= 15 is 0 Å². The number of alkyl halides is 2. The molecule has 0 spiro atoms. The summed E-state index contributed by atoms with van der Waals surface area (Å²) in [4.78, 5) is 0. The topological polar surface area (TPSA) is 82.7 Å². The van der Waals surface area contributed by atoms with Crippen molar-refractivity contribution in [2.45, 2.75) is 17.9 Å². The van der Waals surface area contributed by atoms with E-state index in [2.05, 4.69) is 15.4 Å². The second kappa shape index (κ2) is 5.68. The third kappa shape index (κ3) is 3.56. The molecule has 7 nitrogen and oxygen atoms in total. The van der Waals surface area contributed by atoms with E-state index in [1.807, 2.05) is 0 Å². The van der Waals surface area contributed by atoms with Crippen LogP contribution in [0.1, 0.15) is 23.5 Å². The monoisotopic (exact) mass is 339 g/mol. The second-order valence-electron chi connectivity index (χ2n) is 4.46. The average Bonchev–Trinajstić information content (AvgIpc) is 2.82. The summed E-state index contributed by atoms with van der Waals surface area (Å²) in [5.41, 5.74) is -0.517. The van der Waals surface area contributed by atoms with E-state index in [4.69, 9.17) is 11.6 Å². The van der Waals surface area contributed by atoms with Crippen molar-refractivity contribution in [3.8, 4) is 0 Å². The zero-order chi connectivity index (χ0) is 15.8. The molecule has 0 saturated heterocycles. The zero-order valence-corrected chi connectivity index (χ0v) is 12.7. The number of sulfone groups is 1. The highest BCUT2D eigenvalue weighted by atomic mass is 35.5. The number of aromatic nitrogens is 5. The predicted molar refractivity (Wildman–Crippen MR) is 70.5 cm³/mol. The highest BCUT2D eigenvalue weighted by Crippen LogP contribution is 2.23. The van der Waals surface area contributed by atoms with Gasteiger partial charge in [0, 0.05) is 14.1 Å². The summed E-state index contributed by atoms with van der Waals surface area (Å²) in [6.45, 7) is 0. The first-order chi connectivity index (χ1) is 9.69. The third-order valence-corrected chi connectivity index (χ3v) is 4.55. The van der Waals surface area contributed by atoms with E-state index in [1.54, 1.807) is 7.05 Å². The Morgan fingerprint density at radius 2 is 1.95 bits per heavy atom. The molecule has 0 saturated carbocycles. The first-order valence-electron chi connectivity index (χ1n) is 5.75. The minimum Gasteiger partial charge on any atom is -0.257 e. The molecule has 2 rings (SSSR count). The molecule has 2 aromatic rings. The van der Waals surface area contributed by atoms with Gasteiger partial charge in [-0.15, -0.1) is 5.10 Å². The van der Waals surface area contributed by atoms with Gasteiger partial charge < -0.3 is 0 Å². The van der Waals surface area contributed by atoms with Crippen molar-refractivity contribution in [2.24, 2.45) is 14.1 Å². The fourth-order valence-corrected chi connectivity index (χ4v) is 3.31. The lowest BCUT2D eigenvalue weighted by molar-refractivity contribution is 0.140. The number of hydrogen-bond acceptors (Lipinski definition) is 5. The average molecular weight is 340 g/mol. The summed E-state index contributed by atoms with van der Waals surface area (Å²) in [6, 6.07) is 1.41. The Labute approximate surface area is 124 Å². The molecule has 21 heavy (non-hydrogen) atoms. The van der Waals surface area contributed by atoms with Gasteiger partial charge in [0.25, 0.3) is 6.43 Å². The van der Waals surface area contributed by atoms with Crippen LogP contribution in [0.3, 0.4) is 0 Å². The Morgan fingerprint density at radius 1 is 1.29 bits per heavy atom. The Balaban J connectivity index is 2.22. The molecule has 0 fully saturated rings. The Hall–Kier alpha value is -1.55. The number of rotatable bonds is 5. The first kappa shape index (κ1) is 15.8. The van der Waals surface area contributed by atoms with Crippen molar-refractivity contribution in [2.75, 3.05) is 0 Å². The smallest absolute Gasteiger partial charge is 0.257 e. The number of hydrogen-bond donors (Lipinski definition) is 0. The Morgan fingerprint density at radius 3 is 2.48 bits per heavy atom. The molecule has 0 aliphatic rings. The molecule has 0 unspecified atom stereocenters. The molecule has 11 heteroatoms. The minimum absolute atomic E-state index is 0.241. The number of aryl methyl sites for hydroxylation is 2. The molecule has 116 valence electrons. The summed E-state index contributed by atoms with van der Waals surface area (Å²) in [6.07, 6.45) is -2.85. The van der Waals surface area contributed by atoms with Gasteiger partial charge in [-0.3, -0.25) is 4.68 Å². The zero-order valence-electron chi connectivity index (χ0n) is 11.2. The predicted octanol–water partition coefficient (Wildman–Crippen LogP) is 1.25. The van der Waals surface area contributed by atoms with Gasteiger partial charge in [0.15, 0.2) is 9.84 Å². The van der Waals surface area contributed by atoms with Crippen molar-refractivity contribution in [1.29, 1.82) is 0 Å². The van der Waals surface area contributed by atoms with Crippen LogP contribution in [0.15, 0.2) is 6.07 Å². The van der Waals surface area contributed by atoms with Crippen molar-refractivity contribution in [1.82, 2.24) is 24.8 Å². The van der Waals surface area contributed by atoms with Crippen molar-refractivity contribution < 1.29 is 17.2 Å². The Bertz CT molecular complexity index is 736. The van der Waals surface area contributed by atoms with Gasteiger partial charge in [0.1, 0.15) is 16.5 Å². The summed E-state index contributed by atoms with van der Waals surface area (Å²) >= 11 is 5.77. The van der Waals surface area contributed by atoms with Crippen molar-refractivity contribution in [3.63, 3.8) is 0 Å². The molecule has 0 N–H and O–H groups in total. The molecular formula is C10H12ClF2N5O2S. The van der Waals surface area contributed by atoms with Crippen LogP contribution in [0.2, 0.25) is 5.15 Å². The van der Waals surface area contributed by atoms with Gasteiger partial charge in [-0.2, -0.15) is 5.10 Å². The fourth-order valence-electron chi connectivity index (χ4n) is 1.83. The molecule has 0 aliphatic carbocycles. The summed E-state index contributed by atoms with van der Waals surface area (Å²) in [5.74, 6) is -1.04. The molecule has 0 radical (unpaired) electrons. The molecule has 0 atom stereocenters. The Kier molecular flexibility index (Phi) is 4.28. The van der Waals surface area contributed by atoms with Crippen molar-refractivity contribution in [3.05, 3.63) is 28.3 Å². The lowest BCUT2D eigenvalue weighted by Gasteiger charge is -2.03. The third-order valence-electron chi connectivity index (χ3n) is 2.75. The molecule has 0 amide bonds. The summed E-state index contributed by atoms with van der Waals surface area (Å²) in [5, 5.41) is 11.1. The van der Waals surface area contributed by atoms with E-state index in [9.17, 15) is 17.2 Å². The van der Waals surface area contributed by atoms with Crippen LogP contribution < -0.4 is 0 Å². The SMILES string of the molecule is Cn1nc(CS(=O)(=O)Cc2nnn(C)c2C(F)F)cc1Cl. The lowest BCUT2D eigenvalue weighted by Crippen LogP contribution is -2.11. The van der Waals surface area contributed by atoms with Gasteiger partial charge in [0.2, 0.25) is 0 Å². The van der Waals surface area contributed by atoms with Crippen LogP contribution in [0, 0.1) is 0 Å². The van der Waals surface area contributed by atoms with Gasteiger partial charge in [0.05, 0.1) is 17.2 Å². The molecule has 0 bridgehead atoms.